The number of benzene rings is 1. The molecule has 0 fully saturated rings. The first kappa shape index (κ1) is 11.6. The number of Topliss-reactive ketones (excluding diaryl/α,β-unsaturated/α-hetero) is 1. The highest BCUT2D eigenvalue weighted by atomic mass is 16.1. The highest BCUT2D eigenvalue weighted by Crippen LogP contribution is 2.26. The molecule has 1 aliphatic rings. The Labute approximate surface area is 110 Å². The van der Waals surface area contributed by atoms with Gasteiger partial charge in [-0.25, -0.2) is 4.98 Å². The number of ketones is 1. The van der Waals surface area contributed by atoms with Gasteiger partial charge in [0, 0.05) is 29.4 Å². The number of nitrogens with two attached hydrogens (primary N) is 1. The molecule has 0 aliphatic heterocycles. The number of carbonyl (C=O) groups excluding carboxylic acids is 1. The quantitative estimate of drug-likeness (QED) is 0.859. The smallest absolute Gasteiger partial charge is 0.222 e. The first-order chi connectivity index (χ1) is 9.11. The summed E-state index contributed by atoms with van der Waals surface area (Å²) in [5.74, 6) is 1.08. The third-order valence-corrected chi connectivity index (χ3v) is 3.18. The number of anilines is 3. The molecule has 19 heavy (non-hydrogen) atoms. The minimum atomic E-state index is 0.206. The first-order valence-electron chi connectivity index (χ1n) is 6.16. The van der Waals surface area contributed by atoms with E-state index >= 15 is 0 Å². The number of hydrogen-bond acceptors (Lipinski definition) is 5. The van der Waals surface area contributed by atoms with E-state index in [0.29, 0.717) is 12.2 Å². The van der Waals surface area contributed by atoms with Crippen molar-refractivity contribution >= 4 is 23.2 Å². The molecule has 1 heterocycles. The Morgan fingerprint density at radius 2 is 2.05 bits per heavy atom. The van der Waals surface area contributed by atoms with Crippen LogP contribution in [-0.4, -0.2) is 15.8 Å². The molecular weight excluding hydrogens is 240 g/mol. The number of nitrogens with one attached hydrogen (secondary N) is 1. The highest BCUT2D eigenvalue weighted by molar-refractivity contribution is 6.01. The molecule has 0 spiro atoms. The molecule has 3 N–H and O–H groups in total. The summed E-state index contributed by atoms with van der Waals surface area (Å²) < 4.78 is 0. The van der Waals surface area contributed by atoms with E-state index in [1.54, 1.807) is 0 Å². The average molecular weight is 254 g/mol. The van der Waals surface area contributed by atoms with Crippen molar-refractivity contribution in [3.05, 3.63) is 41.1 Å². The summed E-state index contributed by atoms with van der Waals surface area (Å²) in [5.41, 5.74) is 9.18. The zero-order valence-electron chi connectivity index (χ0n) is 10.6. The number of aryl methyl sites for hydroxylation is 2. The van der Waals surface area contributed by atoms with Gasteiger partial charge in [0.25, 0.3) is 0 Å². The zero-order valence-corrected chi connectivity index (χ0v) is 10.6. The first-order valence-corrected chi connectivity index (χ1v) is 6.16. The SMILES string of the molecule is Cc1cc(Nc2ccc3c(c2)C(=O)CC3)nc(N)n1. The van der Waals surface area contributed by atoms with Gasteiger partial charge >= 0.3 is 0 Å². The predicted molar refractivity (Wildman–Crippen MR) is 73.6 cm³/mol. The minimum absolute atomic E-state index is 0.206. The number of fused-ring (bicyclic) bond motifs is 1. The molecule has 1 aliphatic carbocycles. The largest absolute Gasteiger partial charge is 0.368 e. The standard InChI is InChI=1S/C14H14N4O/c1-8-6-13(18-14(15)16-8)17-10-4-2-9-3-5-12(19)11(9)7-10/h2,4,6-7H,3,5H2,1H3,(H3,15,16,17,18). The van der Waals surface area contributed by atoms with Gasteiger partial charge in [0.15, 0.2) is 5.78 Å². The molecule has 0 saturated carbocycles. The molecule has 5 heteroatoms. The second-order valence-corrected chi connectivity index (χ2v) is 4.67. The number of carbonyl (C=O) groups is 1. The third kappa shape index (κ3) is 2.27. The Kier molecular flexibility index (Phi) is 2.67. The molecule has 2 aromatic rings. The van der Waals surface area contributed by atoms with Gasteiger partial charge in [0.1, 0.15) is 5.82 Å². The summed E-state index contributed by atoms with van der Waals surface area (Å²) in [6.45, 7) is 1.86. The molecule has 0 amide bonds. The minimum Gasteiger partial charge on any atom is -0.368 e. The van der Waals surface area contributed by atoms with Crippen LogP contribution in [0.25, 0.3) is 0 Å². The van der Waals surface area contributed by atoms with Crippen molar-refractivity contribution < 1.29 is 4.79 Å². The monoisotopic (exact) mass is 254 g/mol. The maximum absolute atomic E-state index is 11.7. The lowest BCUT2D eigenvalue weighted by atomic mass is 10.1. The van der Waals surface area contributed by atoms with E-state index in [1.165, 1.54) is 0 Å². The Morgan fingerprint density at radius 1 is 1.21 bits per heavy atom. The second kappa shape index (κ2) is 4.35. The van der Waals surface area contributed by atoms with Crippen LogP contribution in [-0.2, 0) is 6.42 Å². The Balaban J connectivity index is 1.91. The van der Waals surface area contributed by atoms with Crippen LogP contribution >= 0.6 is 0 Å². The van der Waals surface area contributed by atoms with Gasteiger partial charge in [-0.05, 0) is 31.0 Å². The number of nitrogen functional groups attached to an aromatic ring is 1. The summed E-state index contributed by atoms with van der Waals surface area (Å²) in [6.07, 6.45) is 1.45. The molecule has 96 valence electrons. The number of nitrogens with zero attached hydrogens (tertiary/aromatic N) is 2. The van der Waals surface area contributed by atoms with Crippen LogP contribution in [0.4, 0.5) is 17.5 Å². The number of hydrogen-bond donors (Lipinski definition) is 2. The lowest BCUT2D eigenvalue weighted by Gasteiger charge is -2.08. The molecule has 0 atom stereocenters. The van der Waals surface area contributed by atoms with Crippen LogP contribution < -0.4 is 11.1 Å². The van der Waals surface area contributed by atoms with Crippen molar-refractivity contribution in [1.29, 1.82) is 0 Å². The number of rotatable bonds is 2. The average Bonchev–Trinajstić information content (AvgIpc) is 2.70. The summed E-state index contributed by atoms with van der Waals surface area (Å²) in [6, 6.07) is 7.62. The van der Waals surface area contributed by atoms with Crippen molar-refractivity contribution in [2.45, 2.75) is 19.8 Å². The van der Waals surface area contributed by atoms with Crippen LogP contribution in [0.15, 0.2) is 24.3 Å². The maximum Gasteiger partial charge on any atom is 0.222 e. The van der Waals surface area contributed by atoms with E-state index in [-0.39, 0.29) is 11.7 Å². The van der Waals surface area contributed by atoms with E-state index in [2.05, 4.69) is 15.3 Å². The summed E-state index contributed by atoms with van der Waals surface area (Å²) >= 11 is 0. The predicted octanol–water partition coefficient (Wildman–Crippen LogP) is 2.24. The van der Waals surface area contributed by atoms with Crippen LogP contribution in [0.5, 0.6) is 0 Å². The fraction of sp³-hybridized carbons (Fsp3) is 0.214. The molecule has 0 bridgehead atoms. The van der Waals surface area contributed by atoms with E-state index in [0.717, 1.165) is 28.9 Å². The van der Waals surface area contributed by atoms with Crippen LogP contribution in [0.2, 0.25) is 0 Å². The fourth-order valence-corrected chi connectivity index (χ4v) is 2.32. The fourth-order valence-electron chi connectivity index (χ4n) is 2.32. The molecule has 1 aromatic heterocycles. The molecule has 0 radical (unpaired) electrons. The Hall–Kier alpha value is -2.43. The lowest BCUT2D eigenvalue weighted by molar-refractivity contribution is 0.0994. The topological polar surface area (TPSA) is 80.9 Å². The van der Waals surface area contributed by atoms with Gasteiger partial charge in [-0.3, -0.25) is 4.79 Å². The van der Waals surface area contributed by atoms with E-state index in [4.69, 9.17) is 5.73 Å². The molecule has 0 unspecified atom stereocenters. The molecular formula is C14H14N4O. The van der Waals surface area contributed by atoms with Crippen molar-refractivity contribution in [1.82, 2.24) is 9.97 Å². The van der Waals surface area contributed by atoms with Gasteiger partial charge in [-0.15, -0.1) is 0 Å². The Morgan fingerprint density at radius 3 is 2.84 bits per heavy atom. The molecule has 0 saturated heterocycles. The van der Waals surface area contributed by atoms with E-state index < -0.39 is 0 Å². The maximum atomic E-state index is 11.7. The van der Waals surface area contributed by atoms with Gasteiger partial charge in [0.05, 0.1) is 0 Å². The number of aromatic nitrogens is 2. The summed E-state index contributed by atoms with van der Waals surface area (Å²) in [5, 5.41) is 3.15. The van der Waals surface area contributed by atoms with Gasteiger partial charge in [-0.2, -0.15) is 4.98 Å². The summed E-state index contributed by atoms with van der Waals surface area (Å²) in [7, 11) is 0. The van der Waals surface area contributed by atoms with Crippen molar-refractivity contribution in [3.8, 4) is 0 Å². The summed E-state index contributed by atoms with van der Waals surface area (Å²) in [4.78, 5) is 19.8. The molecule has 3 rings (SSSR count). The van der Waals surface area contributed by atoms with Crippen molar-refractivity contribution in [3.63, 3.8) is 0 Å². The van der Waals surface area contributed by atoms with Gasteiger partial charge in [-0.1, -0.05) is 6.07 Å². The highest BCUT2D eigenvalue weighted by Gasteiger charge is 2.19. The molecule has 1 aromatic carbocycles. The van der Waals surface area contributed by atoms with Crippen LogP contribution in [0.1, 0.15) is 28.0 Å². The van der Waals surface area contributed by atoms with Gasteiger partial charge < -0.3 is 11.1 Å². The van der Waals surface area contributed by atoms with Crippen molar-refractivity contribution in [2.24, 2.45) is 0 Å². The van der Waals surface area contributed by atoms with Crippen LogP contribution in [0.3, 0.4) is 0 Å². The third-order valence-electron chi connectivity index (χ3n) is 3.18. The van der Waals surface area contributed by atoms with Crippen molar-refractivity contribution in [2.75, 3.05) is 11.1 Å². The Bertz CT molecular complexity index is 646. The second-order valence-electron chi connectivity index (χ2n) is 4.67. The van der Waals surface area contributed by atoms with E-state index in [9.17, 15) is 4.79 Å². The molecule has 5 nitrogen and oxygen atoms in total. The van der Waals surface area contributed by atoms with Crippen LogP contribution in [0, 0.1) is 6.92 Å². The van der Waals surface area contributed by atoms with Gasteiger partial charge in [0.2, 0.25) is 5.95 Å². The lowest BCUT2D eigenvalue weighted by Crippen LogP contribution is -2.02. The normalized spacial score (nSPS) is 13.4. The van der Waals surface area contributed by atoms with E-state index in [1.807, 2.05) is 31.2 Å². The zero-order chi connectivity index (χ0) is 13.4.